The van der Waals surface area contributed by atoms with E-state index in [1.54, 1.807) is 18.2 Å². The number of hydrogen-bond acceptors (Lipinski definition) is 5. The first-order valence-electron chi connectivity index (χ1n) is 12.3. The van der Waals surface area contributed by atoms with Crippen LogP contribution < -0.4 is 16.2 Å². The van der Waals surface area contributed by atoms with Gasteiger partial charge in [0.15, 0.2) is 5.65 Å². The molecule has 10 heteroatoms. The predicted molar refractivity (Wildman–Crippen MR) is 141 cm³/mol. The number of fused-ring (bicyclic) bond motifs is 1. The highest BCUT2D eigenvalue weighted by Crippen LogP contribution is 2.29. The van der Waals surface area contributed by atoms with Crippen LogP contribution in [0.3, 0.4) is 0 Å². The average Bonchev–Trinajstić information content (AvgIpc) is 2.89. The van der Waals surface area contributed by atoms with Gasteiger partial charge in [-0.2, -0.15) is 13.2 Å². The molecule has 0 bridgehead atoms. The monoisotopic (exact) mass is 523 g/mol. The number of alkyl halides is 3. The minimum Gasteiger partial charge on any atom is -0.366 e. The van der Waals surface area contributed by atoms with Crippen molar-refractivity contribution in [2.75, 3.05) is 11.9 Å². The minimum absolute atomic E-state index is 0.105. The van der Waals surface area contributed by atoms with E-state index in [-0.39, 0.29) is 36.8 Å². The quantitative estimate of drug-likeness (QED) is 0.316. The number of rotatable bonds is 9. The van der Waals surface area contributed by atoms with Crippen molar-refractivity contribution in [2.24, 2.45) is 0 Å². The van der Waals surface area contributed by atoms with E-state index in [1.807, 2.05) is 24.3 Å². The van der Waals surface area contributed by atoms with Crippen molar-refractivity contribution in [3.8, 4) is 11.3 Å². The molecule has 0 spiro atoms. The minimum atomic E-state index is -4.43. The normalized spacial score (nSPS) is 11.5. The number of aryl methyl sites for hydroxylation is 1. The second-order valence-corrected chi connectivity index (χ2v) is 8.94. The van der Waals surface area contributed by atoms with Crippen LogP contribution in [0.2, 0.25) is 0 Å². The Morgan fingerprint density at radius 2 is 1.76 bits per heavy atom. The van der Waals surface area contributed by atoms with Gasteiger partial charge in [0, 0.05) is 32.1 Å². The number of pyridine rings is 1. The summed E-state index contributed by atoms with van der Waals surface area (Å²) in [7, 11) is 0. The molecule has 0 aliphatic heterocycles. The van der Waals surface area contributed by atoms with Crippen molar-refractivity contribution in [3.63, 3.8) is 0 Å². The maximum absolute atomic E-state index is 13.5. The molecule has 0 radical (unpaired) electrons. The molecule has 2 heterocycles. The summed E-state index contributed by atoms with van der Waals surface area (Å²) in [5.74, 6) is 0.153. The highest BCUT2D eigenvalue weighted by Gasteiger charge is 2.30. The Balaban J connectivity index is 1.68. The summed E-state index contributed by atoms with van der Waals surface area (Å²) in [4.78, 5) is 34.1. The van der Waals surface area contributed by atoms with E-state index in [4.69, 9.17) is 0 Å². The lowest BCUT2D eigenvalue weighted by Crippen LogP contribution is -2.31. The summed E-state index contributed by atoms with van der Waals surface area (Å²) in [6, 6.07) is 16.1. The molecule has 198 valence electrons. The lowest BCUT2D eigenvalue weighted by molar-refractivity contribution is -0.137. The zero-order chi connectivity index (χ0) is 27.3. The first kappa shape index (κ1) is 26.8. The Labute approximate surface area is 217 Å². The second-order valence-electron chi connectivity index (χ2n) is 8.94. The molecule has 0 atom stereocenters. The predicted octanol–water partition coefficient (Wildman–Crippen LogP) is 5.18. The van der Waals surface area contributed by atoms with Gasteiger partial charge >= 0.3 is 6.18 Å². The van der Waals surface area contributed by atoms with Crippen LogP contribution in [0.5, 0.6) is 0 Å². The zero-order valence-electron chi connectivity index (χ0n) is 21.1. The largest absolute Gasteiger partial charge is 0.416 e. The molecule has 2 aromatic heterocycles. The van der Waals surface area contributed by atoms with Crippen LogP contribution in [-0.4, -0.2) is 27.0 Å². The topological polar surface area (TPSA) is 88.9 Å². The number of carbonyl (C=O) groups excluding carboxylic acids is 1. The molecular weight excluding hydrogens is 495 g/mol. The second kappa shape index (κ2) is 11.5. The molecule has 2 aromatic carbocycles. The number of nitrogens with one attached hydrogen (secondary N) is 2. The summed E-state index contributed by atoms with van der Waals surface area (Å²) in [5, 5.41) is 5.72. The molecule has 0 aliphatic rings. The Bertz CT molecular complexity index is 1500. The molecule has 0 saturated heterocycles. The van der Waals surface area contributed by atoms with Crippen molar-refractivity contribution < 1.29 is 18.0 Å². The van der Waals surface area contributed by atoms with Gasteiger partial charge in [0.25, 0.3) is 5.56 Å². The Morgan fingerprint density at radius 3 is 2.45 bits per heavy atom. The van der Waals surface area contributed by atoms with E-state index in [0.717, 1.165) is 25.0 Å². The maximum atomic E-state index is 13.5. The molecule has 4 aromatic rings. The van der Waals surface area contributed by atoms with Crippen LogP contribution in [0.1, 0.15) is 37.0 Å². The molecule has 0 aliphatic carbocycles. The van der Waals surface area contributed by atoms with Crippen LogP contribution in [0.4, 0.5) is 19.0 Å². The fraction of sp³-hybridized carbons (Fsp3) is 0.286. The van der Waals surface area contributed by atoms with Gasteiger partial charge in [-0.3, -0.25) is 14.2 Å². The molecule has 0 fully saturated rings. The Hall–Kier alpha value is -4.21. The van der Waals surface area contributed by atoms with Gasteiger partial charge < -0.3 is 10.6 Å². The summed E-state index contributed by atoms with van der Waals surface area (Å²) < 4.78 is 40.6. The van der Waals surface area contributed by atoms with E-state index >= 15 is 0 Å². The number of carbonyl (C=O) groups is 1. The first-order valence-corrected chi connectivity index (χ1v) is 12.3. The van der Waals surface area contributed by atoms with E-state index in [1.165, 1.54) is 23.1 Å². The van der Waals surface area contributed by atoms with Crippen molar-refractivity contribution >= 4 is 22.9 Å². The molecule has 4 rings (SSSR count). The molecular formula is C28H28F3N5O2. The molecule has 38 heavy (non-hydrogen) atoms. The molecule has 7 nitrogen and oxygen atoms in total. The number of aromatic nitrogens is 3. The number of amides is 1. The summed E-state index contributed by atoms with van der Waals surface area (Å²) in [5.41, 5.74) is 2.26. The number of hydrogen-bond donors (Lipinski definition) is 2. The van der Waals surface area contributed by atoms with E-state index in [9.17, 15) is 22.8 Å². The average molecular weight is 524 g/mol. The van der Waals surface area contributed by atoms with Gasteiger partial charge in [-0.15, -0.1) is 0 Å². The van der Waals surface area contributed by atoms with Gasteiger partial charge in [0.2, 0.25) is 5.91 Å². The third-order valence-electron chi connectivity index (χ3n) is 5.99. The van der Waals surface area contributed by atoms with Gasteiger partial charge in [0.05, 0.1) is 5.56 Å². The van der Waals surface area contributed by atoms with Crippen LogP contribution >= 0.6 is 0 Å². The third kappa shape index (κ3) is 6.37. The van der Waals surface area contributed by atoms with Crippen molar-refractivity contribution in [3.05, 3.63) is 87.7 Å². The lowest BCUT2D eigenvalue weighted by atomic mass is 10.1. The summed E-state index contributed by atoms with van der Waals surface area (Å²) in [6.07, 6.45) is -2.48. The number of benzene rings is 2. The number of halogens is 3. The number of anilines is 1. The van der Waals surface area contributed by atoms with Crippen molar-refractivity contribution in [1.29, 1.82) is 0 Å². The highest BCUT2D eigenvalue weighted by molar-refractivity contribution is 5.76. The maximum Gasteiger partial charge on any atom is 0.416 e. The van der Waals surface area contributed by atoms with Gasteiger partial charge in [-0.05, 0) is 41.8 Å². The van der Waals surface area contributed by atoms with E-state index in [2.05, 4.69) is 27.5 Å². The van der Waals surface area contributed by atoms with Crippen LogP contribution in [0.15, 0.2) is 65.5 Å². The first-order chi connectivity index (χ1) is 18.2. The summed E-state index contributed by atoms with van der Waals surface area (Å²) >= 11 is 0. The highest BCUT2D eigenvalue weighted by atomic mass is 19.4. The smallest absolute Gasteiger partial charge is 0.366 e. The van der Waals surface area contributed by atoms with Crippen LogP contribution in [-0.2, 0) is 30.5 Å². The van der Waals surface area contributed by atoms with Gasteiger partial charge in [-0.1, -0.05) is 49.7 Å². The Morgan fingerprint density at radius 1 is 1.00 bits per heavy atom. The SMILES string of the molecule is CCCc1ccc(-c2nc3ccc(NCc4cccc(C(F)(F)F)c4)nc3n(CCNC(C)=O)c2=O)cc1. The standard InChI is InChI=1S/C28H28F3N5O2/c1-3-5-19-8-10-21(11-9-19)25-27(38)36(15-14-32-18(2)37)26-23(34-25)12-13-24(35-26)33-17-20-6-4-7-22(16-20)28(29,30)31/h4,6-13,16H,3,5,14-15,17H2,1-2H3,(H,32,37)(H,33,35). The number of nitrogens with zero attached hydrogens (tertiary/aromatic N) is 3. The molecule has 0 unspecified atom stereocenters. The Kier molecular flexibility index (Phi) is 8.09. The third-order valence-corrected chi connectivity index (χ3v) is 5.99. The molecule has 0 saturated carbocycles. The molecule has 2 N–H and O–H groups in total. The lowest BCUT2D eigenvalue weighted by Gasteiger charge is -2.14. The van der Waals surface area contributed by atoms with Crippen molar-refractivity contribution in [1.82, 2.24) is 19.9 Å². The fourth-order valence-electron chi connectivity index (χ4n) is 4.13. The fourth-order valence-corrected chi connectivity index (χ4v) is 4.13. The zero-order valence-corrected chi connectivity index (χ0v) is 21.1. The summed E-state index contributed by atoms with van der Waals surface area (Å²) in [6.45, 7) is 3.98. The molecule has 1 amide bonds. The van der Waals surface area contributed by atoms with E-state index < -0.39 is 11.7 Å². The van der Waals surface area contributed by atoms with E-state index in [0.29, 0.717) is 28.1 Å². The van der Waals surface area contributed by atoms with Crippen LogP contribution in [0.25, 0.3) is 22.4 Å². The van der Waals surface area contributed by atoms with Crippen molar-refractivity contribution in [2.45, 2.75) is 46.0 Å². The van der Waals surface area contributed by atoms with Gasteiger partial charge in [0.1, 0.15) is 17.0 Å². The van der Waals surface area contributed by atoms with Gasteiger partial charge in [-0.25, -0.2) is 9.97 Å². The van der Waals surface area contributed by atoms with Crippen LogP contribution in [0, 0.1) is 0 Å².